The summed E-state index contributed by atoms with van der Waals surface area (Å²) < 4.78 is 11.0. The van der Waals surface area contributed by atoms with Crippen molar-refractivity contribution in [3.05, 3.63) is 29.8 Å². The Morgan fingerprint density at radius 3 is 2.85 bits per heavy atom. The first-order valence-electron chi connectivity index (χ1n) is 7.16. The van der Waals surface area contributed by atoms with Crippen LogP contribution in [0, 0.1) is 17.2 Å². The molecule has 4 heteroatoms. The summed E-state index contributed by atoms with van der Waals surface area (Å²) >= 11 is 0. The van der Waals surface area contributed by atoms with Crippen LogP contribution in [0.5, 0.6) is 5.75 Å². The molecule has 4 nitrogen and oxygen atoms in total. The van der Waals surface area contributed by atoms with Crippen LogP contribution in [-0.4, -0.2) is 44.9 Å². The zero-order valence-corrected chi connectivity index (χ0v) is 12.0. The molecule has 1 fully saturated rings. The summed E-state index contributed by atoms with van der Waals surface area (Å²) in [5.74, 6) is 1.48. The second kappa shape index (κ2) is 7.88. The average Bonchev–Trinajstić information content (AvgIpc) is 2.49. The summed E-state index contributed by atoms with van der Waals surface area (Å²) in [6.07, 6.45) is 2.51. The van der Waals surface area contributed by atoms with E-state index in [0.29, 0.717) is 18.1 Å². The van der Waals surface area contributed by atoms with E-state index in [2.05, 4.69) is 11.0 Å². The number of piperidine rings is 1. The van der Waals surface area contributed by atoms with Crippen molar-refractivity contribution in [2.75, 3.05) is 40.0 Å². The Bertz CT molecular complexity index is 437. The molecular formula is C16H22N2O2. The van der Waals surface area contributed by atoms with Crippen LogP contribution in [0.1, 0.15) is 18.4 Å². The molecule has 0 radical (unpaired) electrons. The van der Waals surface area contributed by atoms with Crippen LogP contribution in [0.4, 0.5) is 0 Å². The second-order valence-corrected chi connectivity index (χ2v) is 5.25. The average molecular weight is 274 g/mol. The van der Waals surface area contributed by atoms with Gasteiger partial charge in [0.2, 0.25) is 0 Å². The minimum absolute atomic E-state index is 0.656. The molecule has 1 atom stereocenters. The molecule has 1 aromatic carbocycles. The highest BCUT2D eigenvalue weighted by Gasteiger charge is 2.19. The second-order valence-electron chi connectivity index (χ2n) is 5.25. The third-order valence-electron chi connectivity index (χ3n) is 3.67. The number of nitriles is 1. The lowest BCUT2D eigenvalue weighted by Gasteiger charge is -2.32. The van der Waals surface area contributed by atoms with Gasteiger partial charge in [0.25, 0.3) is 0 Å². The van der Waals surface area contributed by atoms with Gasteiger partial charge in [-0.3, -0.25) is 4.90 Å². The number of benzene rings is 1. The van der Waals surface area contributed by atoms with E-state index in [0.717, 1.165) is 32.0 Å². The third-order valence-corrected chi connectivity index (χ3v) is 3.67. The minimum atomic E-state index is 0.656. The van der Waals surface area contributed by atoms with E-state index in [1.165, 1.54) is 12.8 Å². The van der Waals surface area contributed by atoms with E-state index >= 15 is 0 Å². The molecule has 1 saturated heterocycles. The number of nitrogens with zero attached hydrogens (tertiary/aromatic N) is 2. The number of hydrogen-bond donors (Lipinski definition) is 0. The molecule has 2 rings (SSSR count). The van der Waals surface area contributed by atoms with Crippen LogP contribution in [0.2, 0.25) is 0 Å². The van der Waals surface area contributed by atoms with Crippen molar-refractivity contribution in [3.63, 3.8) is 0 Å². The highest BCUT2D eigenvalue weighted by molar-refractivity contribution is 5.34. The predicted molar refractivity (Wildman–Crippen MR) is 77.7 cm³/mol. The largest absolute Gasteiger partial charge is 0.492 e. The SMILES string of the molecule is COC[C@H]1CCCN(CCOc2ccc(C#N)cc2)C1. The fraction of sp³-hybridized carbons (Fsp3) is 0.562. The van der Waals surface area contributed by atoms with Crippen LogP contribution in [0.25, 0.3) is 0 Å². The molecule has 0 aromatic heterocycles. The zero-order valence-electron chi connectivity index (χ0n) is 12.0. The first kappa shape index (κ1) is 14.8. The van der Waals surface area contributed by atoms with Crippen LogP contribution in [0.3, 0.4) is 0 Å². The van der Waals surface area contributed by atoms with Crippen LogP contribution >= 0.6 is 0 Å². The van der Waals surface area contributed by atoms with Gasteiger partial charge in [-0.1, -0.05) is 0 Å². The van der Waals surface area contributed by atoms with Gasteiger partial charge in [0.1, 0.15) is 12.4 Å². The molecule has 1 heterocycles. The summed E-state index contributed by atoms with van der Waals surface area (Å²) in [7, 11) is 1.77. The van der Waals surface area contributed by atoms with Crippen LogP contribution in [-0.2, 0) is 4.74 Å². The van der Waals surface area contributed by atoms with Crippen molar-refractivity contribution in [3.8, 4) is 11.8 Å². The van der Waals surface area contributed by atoms with E-state index in [1.807, 2.05) is 12.1 Å². The molecule has 0 spiro atoms. The molecule has 0 amide bonds. The molecule has 1 aromatic rings. The monoisotopic (exact) mass is 274 g/mol. The Hall–Kier alpha value is -1.57. The fourth-order valence-corrected chi connectivity index (χ4v) is 2.64. The number of hydrogen-bond acceptors (Lipinski definition) is 4. The molecule has 0 aliphatic carbocycles. The molecule has 0 N–H and O–H groups in total. The van der Waals surface area contributed by atoms with Crippen molar-refractivity contribution in [2.45, 2.75) is 12.8 Å². The normalized spacial score (nSPS) is 19.5. The molecule has 1 aliphatic heterocycles. The first-order chi connectivity index (χ1) is 9.81. The zero-order chi connectivity index (χ0) is 14.2. The van der Waals surface area contributed by atoms with Gasteiger partial charge in [-0.2, -0.15) is 5.26 Å². The standard InChI is InChI=1S/C16H22N2O2/c1-19-13-15-3-2-8-18(12-15)9-10-20-16-6-4-14(11-17)5-7-16/h4-7,15H,2-3,8-10,12-13H2,1H3/t15-/m0/s1. The molecule has 0 unspecified atom stereocenters. The smallest absolute Gasteiger partial charge is 0.119 e. The van der Waals surface area contributed by atoms with E-state index in [1.54, 1.807) is 19.2 Å². The summed E-state index contributed by atoms with van der Waals surface area (Å²) in [5.41, 5.74) is 0.663. The van der Waals surface area contributed by atoms with Crippen LogP contribution < -0.4 is 4.74 Å². The van der Waals surface area contributed by atoms with E-state index < -0.39 is 0 Å². The molecular weight excluding hydrogens is 252 g/mol. The molecule has 0 saturated carbocycles. The van der Waals surface area contributed by atoms with E-state index in [-0.39, 0.29) is 0 Å². The highest BCUT2D eigenvalue weighted by Crippen LogP contribution is 2.17. The van der Waals surface area contributed by atoms with Crippen molar-refractivity contribution < 1.29 is 9.47 Å². The Morgan fingerprint density at radius 1 is 1.35 bits per heavy atom. The minimum Gasteiger partial charge on any atom is -0.492 e. The van der Waals surface area contributed by atoms with E-state index in [4.69, 9.17) is 14.7 Å². The van der Waals surface area contributed by atoms with Gasteiger partial charge >= 0.3 is 0 Å². The Labute approximate surface area is 120 Å². The maximum atomic E-state index is 8.74. The molecule has 108 valence electrons. The lowest BCUT2D eigenvalue weighted by atomic mass is 9.99. The topological polar surface area (TPSA) is 45.5 Å². The number of ether oxygens (including phenoxy) is 2. The predicted octanol–water partition coefficient (Wildman–Crippen LogP) is 2.30. The van der Waals surface area contributed by atoms with Crippen molar-refractivity contribution >= 4 is 0 Å². The number of likely N-dealkylation sites (tertiary alicyclic amines) is 1. The quantitative estimate of drug-likeness (QED) is 0.798. The van der Waals surface area contributed by atoms with Gasteiger partial charge < -0.3 is 9.47 Å². The van der Waals surface area contributed by atoms with Gasteiger partial charge in [-0.15, -0.1) is 0 Å². The summed E-state index contributed by atoms with van der Waals surface area (Å²) in [5, 5.41) is 8.74. The summed E-state index contributed by atoms with van der Waals surface area (Å²) in [6, 6.07) is 9.37. The van der Waals surface area contributed by atoms with Crippen molar-refractivity contribution in [1.82, 2.24) is 4.90 Å². The van der Waals surface area contributed by atoms with Gasteiger partial charge in [-0.25, -0.2) is 0 Å². The lowest BCUT2D eigenvalue weighted by Crippen LogP contribution is -2.39. The van der Waals surface area contributed by atoms with Gasteiger partial charge in [-0.05, 0) is 49.6 Å². The maximum Gasteiger partial charge on any atom is 0.119 e. The van der Waals surface area contributed by atoms with Gasteiger partial charge in [0.05, 0.1) is 18.2 Å². The fourth-order valence-electron chi connectivity index (χ4n) is 2.64. The Morgan fingerprint density at radius 2 is 2.15 bits per heavy atom. The van der Waals surface area contributed by atoms with Crippen molar-refractivity contribution in [1.29, 1.82) is 5.26 Å². The summed E-state index contributed by atoms with van der Waals surface area (Å²) in [6.45, 7) is 4.74. The Balaban J connectivity index is 1.71. The molecule has 0 bridgehead atoms. The maximum absolute atomic E-state index is 8.74. The molecule has 1 aliphatic rings. The van der Waals surface area contributed by atoms with Gasteiger partial charge in [0, 0.05) is 20.2 Å². The Kier molecular flexibility index (Phi) is 5.85. The summed E-state index contributed by atoms with van der Waals surface area (Å²) in [4.78, 5) is 2.44. The van der Waals surface area contributed by atoms with E-state index in [9.17, 15) is 0 Å². The first-order valence-corrected chi connectivity index (χ1v) is 7.16. The highest BCUT2D eigenvalue weighted by atomic mass is 16.5. The van der Waals surface area contributed by atoms with Gasteiger partial charge in [0.15, 0.2) is 0 Å². The third kappa shape index (κ3) is 4.52. The van der Waals surface area contributed by atoms with Crippen molar-refractivity contribution in [2.24, 2.45) is 5.92 Å². The number of rotatable bonds is 6. The van der Waals surface area contributed by atoms with Crippen LogP contribution in [0.15, 0.2) is 24.3 Å². The number of methoxy groups -OCH3 is 1. The lowest BCUT2D eigenvalue weighted by molar-refractivity contribution is 0.0832. The molecule has 20 heavy (non-hydrogen) atoms.